The maximum atomic E-state index is 12.8. The van der Waals surface area contributed by atoms with E-state index in [2.05, 4.69) is 48.9 Å². The van der Waals surface area contributed by atoms with E-state index in [1.54, 1.807) is 42.5 Å². The Morgan fingerprint density at radius 1 is 0.943 bits per heavy atom. The van der Waals surface area contributed by atoms with Crippen molar-refractivity contribution >= 4 is 43.3 Å². The molecule has 10 heteroatoms. The van der Waals surface area contributed by atoms with Crippen LogP contribution in [0.4, 0.5) is 11.4 Å². The summed E-state index contributed by atoms with van der Waals surface area (Å²) >= 11 is 0. The number of aromatic amines is 2. The highest BCUT2D eigenvalue weighted by Gasteiger charge is 2.20. The molecule has 0 saturated carbocycles. The van der Waals surface area contributed by atoms with Gasteiger partial charge in [-0.05, 0) is 43.4 Å². The van der Waals surface area contributed by atoms with Gasteiger partial charge in [-0.25, -0.2) is 13.4 Å². The first kappa shape index (κ1) is 21.6. The van der Waals surface area contributed by atoms with E-state index in [1.807, 2.05) is 12.1 Å². The maximum absolute atomic E-state index is 12.8. The number of H-pyrrole nitrogens is 2. The zero-order chi connectivity index (χ0) is 24.0. The minimum absolute atomic E-state index is 0.196. The van der Waals surface area contributed by atoms with Gasteiger partial charge in [-0.15, -0.1) is 0 Å². The summed E-state index contributed by atoms with van der Waals surface area (Å²) < 4.78 is 28.4. The van der Waals surface area contributed by atoms with Gasteiger partial charge in [0.2, 0.25) is 0 Å². The van der Waals surface area contributed by atoms with Crippen LogP contribution in [0.5, 0.6) is 0 Å². The second-order valence-electron chi connectivity index (χ2n) is 8.80. The summed E-state index contributed by atoms with van der Waals surface area (Å²) in [6.07, 6.45) is 0. The lowest BCUT2D eigenvalue weighted by Gasteiger charge is -2.34. The molecule has 0 atom stereocenters. The van der Waals surface area contributed by atoms with Crippen LogP contribution in [-0.2, 0) is 10.0 Å². The topological polar surface area (TPSA) is 110 Å². The summed E-state index contributed by atoms with van der Waals surface area (Å²) in [6.45, 7) is 4.08. The largest absolute Gasteiger partial charge is 0.369 e. The van der Waals surface area contributed by atoms with Crippen molar-refractivity contribution in [1.29, 1.82) is 0 Å². The Kier molecular flexibility index (Phi) is 5.19. The third kappa shape index (κ3) is 4.00. The van der Waals surface area contributed by atoms with Gasteiger partial charge in [-0.1, -0.05) is 30.3 Å². The molecule has 3 aromatic carbocycles. The average molecular weight is 488 g/mol. The van der Waals surface area contributed by atoms with E-state index in [0.29, 0.717) is 22.7 Å². The molecule has 0 unspecified atom stereocenters. The van der Waals surface area contributed by atoms with Crippen LogP contribution in [0.1, 0.15) is 0 Å². The molecule has 0 spiro atoms. The number of sulfonamides is 1. The highest BCUT2D eigenvalue weighted by atomic mass is 32.2. The Hall–Kier alpha value is -3.89. The second-order valence-corrected chi connectivity index (χ2v) is 10.5. The summed E-state index contributed by atoms with van der Waals surface area (Å²) in [7, 11) is -1.59. The summed E-state index contributed by atoms with van der Waals surface area (Å²) in [5.74, 6) is 0.654. The normalized spacial score (nSPS) is 15.2. The van der Waals surface area contributed by atoms with E-state index < -0.39 is 10.0 Å². The molecule has 1 aliphatic rings. The smallest absolute Gasteiger partial charge is 0.261 e. The van der Waals surface area contributed by atoms with Gasteiger partial charge in [0.05, 0.1) is 21.6 Å². The van der Waals surface area contributed by atoms with Crippen LogP contribution in [-0.4, -0.2) is 66.7 Å². The van der Waals surface area contributed by atoms with E-state index in [0.717, 1.165) is 42.6 Å². The van der Waals surface area contributed by atoms with E-state index >= 15 is 0 Å². The minimum Gasteiger partial charge on any atom is -0.369 e. The average Bonchev–Trinajstić information content (AvgIpc) is 3.49. The molecule has 0 bridgehead atoms. The van der Waals surface area contributed by atoms with Crippen LogP contribution in [0.25, 0.3) is 33.5 Å². The number of imidazole rings is 1. The summed E-state index contributed by atoms with van der Waals surface area (Å²) in [5, 5.41) is 8.24. The van der Waals surface area contributed by atoms with Crippen molar-refractivity contribution in [1.82, 2.24) is 25.1 Å². The van der Waals surface area contributed by atoms with Crippen LogP contribution < -0.4 is 9.62 Å². The molecule has 6 rings (SSSR count). The van der Waals surface area contributed by atoms with E-state index in [4.69, 9.17) is 4.98 Å². The summed E-state index contributed by atoms with van der Waals surface area (Å²) in [6, 6.07) is 20.0. The van der Waals surface area contributed by atoms with Crippen molar-refractivity contribution < 1.29 is 8.42 Å². The third-order valence-electron chi connectivity index (χ3n) is 6.45. The predicted octanol–water partition coefficient (Wildman–Crippen LogP) is 3.66. The molecule has 1 fully saturated rings. The Labute approximate surface area is 202 Å². The molecule has 35 heavy (non-hydrogen) atoms. The monoisotopic (exact) mass is 487 g/mol. The number of hydrogen-bond donors (Lipinski definition) is 3. The first-order valence-corrected chi connectivity index (χ1v) is 12.9. The van der Waals surface area contributed by atoms with Crippen molar-refractivity contribution in [3.05, 3.63) is 66.7 Å². The molecule has 178 valence electrons. The lowest BCUT2D eigenvalue weighted by molar-refractivity contribution is 0.313. The number of para-hydroxylation sites is 1. The van der Waals surface area contributed by atoms with Gasteiger partial charge in [0.1, 0.15) is 11.2 Å². The highest BCUT2D eigenvalue weighted by molar-refractivity contribution is 7.92. The molecule has 0 aliphatic carbocycles. The molecule has 3 heterocycles. The molecule has 5 aromatic rings. The molecule has 1 aliphatic heterocycles. The van der Waals surface area contributed by atoms with E-state index in [1.165, 1.54) is 5.69 Å². The van der Waals surface area contributed by atoms with E-state index in [9.17, 15) is 8.42 Å². The van der Waals surface area contributed by atoms with E-state index in [-0.39, 0.29) is 4.90 Å². The maximum Gasteiger partial charge on any atom is 0.261 e. The Morgan fingerprint density at radius 3 is 2.54 bits per heavy atom. The fourth-order valence-corrected chi connectivity index (χ4v) is 5.57. The quantitative estimate of drug-likeness (QED) is 0.349. The number of benzene rings is 3. The number of fused-ring (bicyclic) bond motifs is 2. The Balaban J connectivity index is 1.34. The fraction of sp³-hybridized carbons (Fsp3) is 0.200. The molecule has 0 radical (unpaired) electrons. The number of rotatable bonds is 5. The molecule has 2 aromatic heterocycles. The first-order valence-electron chi connectivity index (χ1n) is 11.5. The second kappa shape index (κ2) is 8.40. The predicted molar refractivity (Wildman–Crippen MR) is 138 cm³/mol. The zero-order valence-electron chi connectivity index (χ0n) is 19.2. The SMILES string of the molecule is CN1CCN(c2ccc3nc(-c4[nH]nc5c(NS(=O)(=O)c6ccccc6)cccc45)[nH]c3c2)CC1. The zero-order valence-corrected chi connectivity index (χ0v) is 20.0. The summed E-state index contributed by atoms with van der Waals surface area (Å²) in [5.41, 5.74) is 4.62. The number of nitrogens with one attached hydrogen (secondary N) is 3. The van der Waals surface area contributed by atoms with Crippen LogP contribution in [0.3, 0.4) is 0 Å². The number of aromatic nitrogens is 4. The van der Waals surface area contributed by atoms with Gasteiger partial charge in [0, 0.05) is 37.3 Å². The van der Waals surface area contributed by atoms with Crippen LogP contribution in [0.2, 0.25) is 0 Å². The van der Waals surface area contributed by atoms with Crippen LogP contribution in [0, 0.1) is 0 Å². The van der Waals surface area contributed by atoms with Crippen molar-refractivity contribution in [3.8, 4) is 11.5 Å². The van der Waals surface area contributed by atoms with Gasteiger partial charge < -0.3 is 14.8 Å². The molecular formula is C25H25N7O2S. The lowest BCUT2D eigenvalue weighted by atomic mass is 10.2. The molecule has 0 amide bonds. The van der Waals surface area contributed by atoms with Crippen molar-refractivity contribution in [2.24, 2.45) is 0 Å². The summed E-state index contributed by atoms with van der Waals surface area (Å²) in [4.78, 5) is 13.1. The Morgan fingerprint density at radius 2 is 1.74 bits per heavy atom. The minimum atomic E-state index is -3.73. The lowest BCUT2D eigenvalue weighted by Crippen LogP contribution is -2.44. The molecule has 3 N–H and O–H groups in total. The molecular weight excluding hydrogens is 462 g/mol. The Bertz CT molecular complexity index is 1620. The van der Waals surface area contributed by atoms with Crippen molar-refractivity contribution in [2.45, 2.75) is 4.90 Å². The molecule has 9 nitrogen and oxygen atoms in total. The third-order valence-corrected chi connectivity index (χ3v) is 7.83. The van der Waals surface area contributed by atoms with Gasteiger partial charge >= 0.3 is 0 Å². The number of likely N-dealkylation sites (N-methyl/N-ethyl adjacent to an activating group) is 1. The fourth-order valence-electron chi connectivity index (χ4n) is 4.48. The highest BCUT2D eigenvalue weighted by Crippen LogP contribution is 2.32. The van der Waals surface area contributed by atoms with Crippen LogP contribution >= 0.6 is 0 Å². The van der Waals surface area contributed by atoms with Crippen LogP contribution in [0.15, 0.2) is 71.6 Å². The number of anilines is 2. The van der Waals surface area contributed by atoms with Gasteiger partial charge in [0.15, 0.2) is 5.82 Å². The van der Waals surface area contributed by atoms with Crippen molar-refractivity contribution in [3.63, 3.8) is 0 Å². The van der Waals surface area contributed by atoms with Gasteiger partial charge in [0.25, 0.3) is 10.0 Å². The van der Waals surface area contributed by atoms with Gasteiger partial charge in [-0.2, -0.15) is 5.10 Å². The molecule has 1 saturated heterocycles. The number of nitrogens with zero attached hydrogens (tertiary/aromatic N) is 4. The number of hydrogen-bond acceptors (Lipinski definition) is 6. The standard InChI is InChI=1S/C25H25N7O2S/c1-31-12-14-32(15-13-31)17-10-11-20-22(16-17)27-25(26-20)24-19-8-5-9-21(23(19)28-29-24)30-35(33,34)18-6-3-2-4-7-18/h2-11,16,30H,12-15H2,1H3,(H,26,27)(H,28,29). The van der Waals surface area contributed by atoms with Crippen molar-refractivity contribution in [2.75, 3.05) is 42.8 Å². The number of piperazine rings is 1. The first-order chi connectivity index (χ1) is 17.0. The van der Waals surface area contributed by atoms with Gasteiger partial charge in [-0.3, -0.25) is 9.82 Å².